The molecule has 0 unspecified atom stereocenters. The Bertz CT molecular complexity index is 2610. The fourth-order valence-electron chi connectivity index (χ4n) is 9.96. The third kappa shape index (κ3) is 11.5. The Hall–Kier alpha value is -6.10. The Labute approximate surface area is 415 Å². The minimum Gasteiger partial charge on any atom is -0.459 e. The third-order valence-corrected chi connectivity index (χ3v) is 14.0. The molecule has 6 heterocycles. The lowest BCUT2D eigenvalue weighted by Crippen LogP contribution is -2.53. The lowest BCUT2D eigenvalue weighted by Gasteiger charge is -2.40. The average Bonchev–Trinajstić information content (AvgIpc) is 3.69. The summed E-state index contributed by atoms with van der Waals surface area (Å²) in [7, 11) is 0. The Kier molecular flexibility index (Phi) is 15.8. The van der Waals surface area contributed by atoms with E-state index in [1.807, 2.05) is 17.9 Å². The molecular formula is C54H71N5O12. The molecular weight excluding hydrogens is 911 g/mol. The first-order valence-electron chi connectivity index (χ1n) is 25.4. The van der Waals surface area contributed by atoms with E-state index in [4.69, 9.17) is 23.9 Å². The highest BCUT2D eigenvalue weighted by atomic mass is 16.6. The summed E-state index contributed by atoms with van der Waals surface area (Å²) in [5.41, 5.74) is -1.09. The summed E-state index contributed by atoms with van der Waals surface area (Å²) in [6.07, 6.45) is 10.8. The number of ether oxygens (including phenoxy) is 4. The molecule has 0 saturated carbocycles. The number of unbranched alkanes of at least 4 members (excludes halogenated alkanes) is 6. The predicted octanol–water partition coefficient (Wildman–Crippen LogP) is 7.25. The molecule has 0 bridgehead atoms. The molecule has 7 rings (SSSR count). The highest BCUT2D eigenvalue weighted by Crippen LogP contribution is 2.41. The van der Waals surface area contributed by atoms with Crippen LogP contribution in [0.1, 0.15) is 148 Å². The molecule has 3 amide bonds. The fourth-order valence-corrected chi connectivity index (χ4v) is 9.96. The molecule has 2 aromatic heterocycles. The molecule has 1 aromatic carbocycles. The smallest absolute Gasteiger partial charge is 0.415 e. The van der Waals surface area contributed by atoms with Gasteiger partial charge in [-0.1, -0.05) is 45.6 Å². The highest BCUT2D eigenvalue weighted by Gasteiger charge is 2.53. The van der Waals surface area contributed by atoms with Gasteiger partial charge in [0.1, 0.15) is 23.6 Å². The largest absolute Gasteiger partial charge is 0.459 e. The van der Waals surface area contributed by atoms with Crippen LogP contribution >= 0.6 is 0 Å². The molecule has 1 N–H and O–H groups in total. The zero-order chi connectivity index (χ0) is 51.5. The third-order valence-electron chi connectivity index (χ3n) is 14.0. The number of carbonyl (C=O) groups is 6. The van der Waals surface area contributed by atoms with E-state index in [0.717, 1.165) is 61.5 Å². The first kappa shape index (κ1) is 52.7. The number of rotatable bonds is 15. The maximum absolute atomic E-state index is 13.7. The van der Waals surface area contributed by atoms with Gasteiger partial charge in [-0.3, -0.25) is 24.0 Å². The van der Waals surface area contributed by atoms with Crippen molar-refractivity contribution in [1.29, 1.82) is 0 Å². The maximum Gasteiger partial charge on any atom is 0.415 e. The average molecular weight is 982 g/mol. The first-order chi connectivity index (χ1) is 33.6. The summed E-state index contributed by atoms with van der Waals surface area (Å²) in [4.78, 5) is 102. The number of hydrogen-bond donors (Lipinski definition) is 1. The second-order valence-electron chi connectivity index (χ2n) is 21.3. The number of carbonyl (C=O) groups excluding carboxylic acids is 6. The van der Waals surface area contributed by atoms with Crippen molar-refractivity contribution >= 4 is 46.7 Å². The summed E-state index contributed by atoms with van der Waals surface area (Å²) in [6, 6.07) is 6.97. The monoisotopic (exact) mass is 982 g/mol. The Morgan fingerprint density at radius 3 is 2.03 bits per heavy atom. The minimum absolute atomic E-state index is 0.0563. The van der Waals surface area contributed by atoms with E-state index < -0.39 is 46.2 Å². The number of hydrogen-bond acceptors (Lipinski definition) is 13. The van der Waals surface area contributed by atoms with E-state index >= 15 is 0 Å². The number of nitrogens with zero attached hydrogens (tertiary/aromatic N) is 5. The van der Waals surface area contributed by atoms with Crippen LogP contribution in [0.3, 0.4) is 0 Å². The Balaban J connectivity index is 0.800. The SMILES string of the molecule is CCc1c2c(nc3ccc(OC(=O)N4CCN(C(=O)CCCCCCCC/C=C/C(=O)N5CCC(C(=O)OC(C)(C)C)(C(=O)OC(C)(C)C)CC5)CC4)cc13)-c1cc3c(c(=O)n1C2)COC(=O)[C@]3(O)CC. The molecule has 0 radical (unpaired) electrons. The molecule has 4 aliphatic rings. The Morgan fingerprint density at radius 2 is 1.41 bits per heavy atom. The number of cyclic esters (lactones) is 1. The van der Waals surface area contributed by atoms with Crippen LogP contribution < -0.4 is 10.3 Å². The molecule has 3 aromatic rings. The topological polar surface area (TPSA) is 204 Å². The molecule has 17 heteroatoms. The van der Waals surface area contributed by atoms with Crippen molar-refractivity contribution in [1.82, 2.24) is 24.3 Å². The van der Waals surface area contributed by atoms with Gasteiger partial charge in [-0.25, -0.2) is 14.6 Å². The highest BCUT2D eigenvalue weighted by molar-refractivity contribution is 6.01. The molecule has 17 nitrogen and oxygen atoms in total. The van der Waals surface area contributed by atoms with Crippen molar-refractivity contribution in [3.8, 4) is 17.1 Å². The van der Waals surface area contributed by atoms with Gasteiger partial charge in [-0.05, 0) is 122 Å². The molecule has 71 heavy (non-hydrogen) atoms. The van der Waals surface area contributed by atoms with Crippen molar-refractivity contribution in [2.24, 2.45) is 5.41 Å². The van der Waals surface area contributed by atoms with Crippen molar-refractivity contribution in [3.05, 3.63) is 69.0 Å². The van der Waals surface area contributed by atoms with Crippen LogP contribution in [0.4, 0.5) is 4.79 Å². The molecule has 2 fully saturated rings. The van der Waals surface area contributed by atoms with E-state index in [1.54, 1.807) is 93.2 Å². The molecule has 0 aliphatic carbocycles. The second kappa shape index (κ2) is 21.3. The number of piperazine rings is 1. The number of esters is 3. The summed E-state index contributed by atoms with van der Waals surface area (Å²) in [5, 5.41) is 12.0. The number of benzene rings is 1. The lowest BCUT2D eigenvalue weighted by molar-refractivity contribution is -0.189. The number of allylic oxidation sites excluding steroid dienone is 1. The van der Waals surface area contributed by atoms with Gasteiger partial charge >= 0.3 is 24.0 Å². The van der Waals surface area contributed by atoms with Crippen LogP contribution in [0, 0.1) is 5.41 Å². The van der Waals surface area contributed by atoms with Gasteiger partial charge in [0.2, 0.25) is 11.8 Å². The second-order valence-corrected chi connectivity index (χ2v) is 21.3. The molecule has 2 saturated heterocycles. The number of piperidine rings is 1. The van der Waals surface area contributed by atoms with E-state index in [1.165, 1.54) is 0 Å². The number of aromatic nitrogens is 2. The van der Waals surface area contributed by atoms with Gasteiger partial charge in [0.05, 0.1) is 29.0 Å². The number of aliphatic hydroxyl groups is 1. The Morgan fingerprint density at radius 1 is 0.789 bits per heavy atom. The lowest BCUT2D eigenvalue weighted by atomic mass is 9.78. The minimum atomic E-state index is -1.91. The van der Waals surface area contributed by atoms with Gasteiger partial charge in [0, 0.05) is 62.2 Å². The molecule has 1 atom stereocenters. The van der Waals surface area contributed by atoms with Gasteiger partial charge in [0.25, 0.3) is 5.56 Å². The standard InChI is InChI=1S/C54H71N5O12/c1-9-36-37-31-35(21-22-41(37)55-45-38(36)33-59-42(45)32-40-39(46(59)62)34-68-49(65)54(40,67)10-2)69-50(66)58-29-27-57(28-30-58)44(61)20-18-16-14-12-11-13-15-17-19-43(60)56-25-23-53(24-26-56,47(63)70-51(3,4)5)48(64)71-52(6,7)8/h17,19,21-22,31-32,67H,9-16,18,20,23-30,33-34H2,1-8H3/b19-17+/t54-/m0/s1. The maximum atomic E-state index is 13.7. The van der Waals surface area contributed by atoms with Crippen molar-refractivity contribution in [2.45, 2.75) is 162 Å². The van der Waals surface area contributed by atoms with Crippen LogP contribution in [-0.4, -0.2) is 116 Å². The van der Waals surface area contributed by atoms with E-state index in [9.17, 15) is 38.7 Å². The van der Waals surface area contributed by atoms with Crippen LogP contribution in [0.25, 0.3) is 22.3 Å². The van der Waals surface area contributed by atoms with Crippen LogP contribution in [0.15, 0.2) is 41.2 Å². The van der Waals surface area contributed by atoms with Crippen molar-refractivity contribution < 1.29 is 52.8 Å². The normalized spacial score (nSPS) is 18.7. The number of pyridine rings is 2. The summed E-state index contributed by atoms with van der Waals surface area (Å²) in [5.74, 6) is -1.70. The van der Waals surface area contributed by atoms with Crippen molar-refractivity contribution in [2.75, 3.05) is 39.3 Å². The van der Waals surface area contributed by atoms with E-state index in [-0.39, 0.29) is 74.0 Å². The quantitative estimate of drug-likeness (QED) is 0.0410. The molecule has 4 aliphatic heterocycles. The number of aryl methyl sites for hydroxylation is 1. The van der Waals surface area contributed by atoms with Gasteiger partial charge in [-0.15, -0.1) is 0 Å². The van der Waals surface area contributed by atoms with E-state index in [0.29, 0.717) is 61.7 Å². The summed E-state index contributed by atoms with van der Waals surface area (Å²) in [6.45, 7) is 16.3. The van der Waals surface area contributed by atoms with Gasteiger partial charge in [0.15, 0.2) is 11.0 Å². The molecule has 384 valence electrons. The van der Waals surface area contributed by atoms with Gasteiger partial charge < -0.3 is 43.3 Å². The van der Waals surface area contributed by atoms with Crippen LogP contribution in [0.5, 0.6) is 5.75 Å². The van der Waals surface area contributed by atoms with Gasteiger partial charge in [-0.2, -0.15) is 0 Å². The summed E-state index contributed by atoms with van der Waals surface area (Å²) < 4.78 is 24.0. The number of likely N-dealkylation sites (tertiary alicyclic amines) is 1. The zero-order valence-corrected chi connectivity index (χ0v) is 42.8. The molecule has 0 spiro atoms. The predicted molar refractivity (Wildman–Crippen MR) is 264 cm³/mol. The van der Waals surface area contributed by atoms with E-state index in [2.05, 4.69) is 0 Å². The van der Waals surface area contributed by atoms with Crippen LogP contribution in [0.2, 0.25) is 0 Å². The number of amides is 3. The number of fused-ring (bicyclic) bond motifs is 5. The van der Waals surface area contributed by atoms with Crippen LogP contribution in [-0.2, 0) is 63.4 Å². The zero-order valence-electron chi connectivity index (χ0n) is 42.8. The first-order valence-corrected chi connectivity index (χ1v) is 25.4. The van der Waals surface area contributed by atoms with Crippen molar-refractivity contribution in [3.63, 3.8) is 0 Å². The fraction of sp³-hybridized carbons (Fsp3) is 0.593. The summed E-state index contributed by atoms with van der Waals surface area (Å²) >= 11 is 0.